The first-order chi connectivity index (χ1) is 13.1. The molecule has 1 aliphatic heterocycles. The number of fused-ring (bicyclic) bond motifs is 1. The molecule has 2 aromatic carbocycles. The van der Waals surface area contributed by atoms with Crippen molar-refractivity contribution in [2.24, 2.45) is 0 Å². The van der Waals surface area contributed by atoms with Crippen molar-refractivity contribution in [2.45, 2.75) is 18.5 Å². The Bertz CT molecular complexity index is 1030. The van der Waals surface area contributed by atoms with Crippen LogP contribution in [0.1, 0.15) is 28.4 Å². The van der Waals surface area contributed by atoms with E-state index in [-0.39, 0.29) is 5.69 Å². The summed E-state index contributed by atoms with van der Waals surface area (Å²) in [6, 6.07) is 5.33. The largest absolute Gasteiger partial charge is 0.419 e. The van der Waals surface area contributed by atoms with Gasteiger partial charge in [-0.05, 0) is 24.3 Å². The Balaban J connectivity index is 2.30. The van der Waals surface area contributed by atoms with Gasteiger partial charge in [0.25, 0.3) is 0 Å². The van der Waals surface area contributed by atoms with Crippen LogP contribution in [0.3, 0.4) is 0 Å². The van der Waals surface area contributed by atoms with E-state index in [4.69, 9.17) is 0 Å². The molecule has 3 nitrogen and oxygen atoms in total. The zero-order valence-corrected chi connectivity index (χ0v) is 13.7. The predicted molar refractivity (Wildman–Crippen MR) is 83.0 cm³/mol. The van der Waals surface area contributed by atoms with E-state index >= 15 is 0 Å². The van der Waals surface area contributed by atoms with Gasteiger partial charge in [-0.3, -0.25) is 0 Å². The molecule has 0 radical (unpaired) electrons. The van der Waals surface area contributed by atoms with Crippen LogP contribution in [-0.2, 0) is 6.18 Å². The van der Waals surface area contributed by atoms with Crippen LogP contribution >= 0.6 is 0 Å². The third-order valence-corrected chi connectivity index (χ3v) is 4.29. The fourth-order valence-electron chi connectivity index (χ4n) is 3.10. The van der Waals surface area contributed by atoms with Crippen LogP contribution in [0.5, 0.6) is 0 Å². The summed E-state index contributed by atoms with van der Waals surface area (Å²) in [5.41, 5.74) is -4.58. The molecule has 144 valence electrons. The molecule has 2 atom stereocenters. The van der Waals surface area contributed by atoms with Crippen molar-refractivity contribution in [2.75, 3.05) is 11.4 Å². The summed E-state index contributed by atoms with van der Waals surface area (Å²) in [7, 11) is 0. The smallest absolute Gasteiger partial charge is 0.336 e. The van der Waals surface area contributed by atoms with Crippen molar-refractivity contribution in [1.29, 1.82) is 10.5 Å². The standard InChI is InChI=1S/C18H8F7N3/c19-9-3-8(5-26)17-10(4-9)16(22)13(20)7-28(17)14-2-1-12(18(23,24)25)15(21)11(14)6-27/h1-4,13,16H,7H2/t13-,16+/m0/s1. The second-order valence-corrected chi connectivity index (χ2v) is 5.96. The van der Waals surface area contributed by atoms with Crippen LogP contribution in [0.2, 0.25) is 0 Å². The summed E-state index contributed by atoms with van der Waals surface area (Å²) in [4.78, 5) is 0.815. The first-order valence-electron chi connectivity index (χ1n) is 7.69. The Morgan fingerprint density at radius 3 is 2.29 bits per heavy atom. The molecular formula is C18H8F7N3. The van der Waals surface area contributed by atoms with Crippen molar-refractivity contribution in [3.63, 3.8) is 0 Å². The van der Waals surface area contributed by atoms with Crippen LogP contribution in [0, 0.1) is 34.3 Å². The zero-order valence-electron chi connectivity index (χ0n) is 13.7. The van der Waals surface area contributed by atoms with Gasteiger partial charge in [0.2, 0.25) is 0 Å². The van der Waals surface area contributed by atoms with Gasteiger partial charge in [-0.15, -0.1) is 0 Å². The van der Waals surface area contributed by atoms with Crippen LogP contribution in [0.4, 0.5) is 42.1 Å². The van der Waals surface area contributed by atoms with Gasteiger partial charge in [-0.25, -0.2) is 17.6 Å². The lowest BCUT2D eigenvalue weighted by molar-refractivity contribution is -0.140. The van der Waals surface area contributed by atoms with E-state index in [1.165, 1.54) is 6.07 Å². The van der Waals surface area contributed by atoms with E-state index in [0.29, 0.717) is 12.1 Å². The Kier molecular flexibility index (Phi) is 4.67. The molecule has 0 saturated heterocycles. The van der Waals surface area contributed by atoms with E-state index in [9.17, 15) is 41.3 Å². The highest BCUT2D eigenvalue weighted by Gasteiger charge is 2.40. The maximum atomic E-state index is 14.3. The predicted octanol–water partition coefficient (Wildman–Crippen LogP) is 5.23. The summed E-state index contributed by atoms with van der Waals surface area (Å²) in [6.07, 6.45) is -9.64. The van der Waals surface area contributed by atoms with E-state index in [2.05, 4.69) is 0 Å². The summed E-state index contributed by atoms with van der Waals surface area (Å²) in [6.45, 7) is -0.812. The molecule has 1 aliphatic rings. The van der Waals surface area contributed by atoms with Gasteiger partial charge in [0.1, 0.15) is 23.5 Å². The molecule has 0 fully saturated rings. The first kappa shape index (κ1) is 19.5. The number of alkyl halides is 5. The van der Waals surface area contributed by atoms with Crippen molar-refractivity contribution in [1.82, 2.24) is 0 Å². The molecule has 3 rings (SSSR count). The maximum Gasteiger partial charge on any atom is 0.419 e. The quantitative estimate of drug-likeness (QED) is 0.618. The third-order valence-electron chi connectivity index (χ3n) is 4.29. The summed E-state index contributed by atoms with van der Waals surface area (Å²) in [5, 5.41) is 18.4. The lowest BCUT2D eigenvalue weighted by Crippen LogP contribution is -2.36. The Morgan fingerprint density at radius 2 is 1.71 bits per heavy atom. The normalized spacial score (nSPS) is 19.0. The van der Waals surface area contributed by atoms with Crippen LogP contribution in [0.15, 0.2) is 24.3 Å². The highest BCUT2D eigenvalue weighted by atomic mass is 19.4. The molecule has 0 aliphatic carbocycles. The topological polar surface area (TPSA) is 50.8 Å². The average Bonchev–Trinajstić information content (AvgIpc) is 2.62. The number of hydrogen-bond donors (Lipinski definition) is 0. The summed E-state index contributed by atoms with van der Waals surface area (Å²) in [5.74, 6) is -2.90. The van der Waals surface area contributed by atoms with Gasteiger partial charge in [-0.2, -0.15) is 23.7 Å². The number of hydrogen-bond acceptors (Lipinski definition) is 3. The van der Waals surface area contributed by atoms with E-state index in [0.717, 1.165) is 17.0 Å². The van der Waals surface area contributed by atoms with Crippen molar-refractivity contribution in [3.05, 3.63) is 58.2 Å². The molecule has 10 heteroatoms. The minimum Gasteiger partial charge on any atom is -0.336 e. The molecule has 0 aromatic heterocycles. The number of halogens is 7. The summed E-state index contributed by atoms with van der Waals surface area (Å²) < 4.78 is 95.1. The Morgan fingerprint density at radius 1 is 1.04 bits per heavy atom. The molecule has 28 heavy (non-hydrogen) atoms. The van der Waals surface area contributed by atoms with Gasteiger partial charge < -0.3 is 4.90 Å². The van der Waals surface area contributed by atoms with Crippen LogP contribution in [0.25, 0.3) is 0 Å². The zero-order chi connectivity index (χ0) is 20.8. The lowest BCUT2D eigenvalue weighted by Gasteiger charge is -2.36. The minimum absolute atomic E-state index is 0.332. The van der Waals surface area contributed by atoms with Crippen LogP contribution in [-0.4, -0.2) is 12.7 Å². The van der Waals surface area contributed by atoms with Crippen molar-refractivity contribution in [3.8, 4) is 12.1 Å². The molecule has 0 N–H and O–H groups in total. The van der Waals surface area contributed by atoms with Crippen molar-refractivity contribution < 1.29 is 30.7 Å². The van der Waals surface area contributed by atoms with Gasteiger partial charge in [0.05, 0.1) is 29.0 Å². The van der Waals surface area contributed by atoms with Gasteiger partial charge in [-0.1, -0.05) is 0 Å². The lowest BCUT2D eigenvalue weighted by atomic mass is 9.93. The summed E-state index contributed by atoms with van der Waals surface area (Å²) >= 11 is 0. The van der Waals surface area contributed by atoms with Gasteiger partial charge >= 0.3 is 6.18 Å². The molecular weight excluding hydrogens is 391 g/mol. The number of rotatable bonds is 1. The number of anilines is 2. The third kappa shape index (κ3) is 3.01. The number of nitrogens with zero attached hydrogens (tertiary/aromatic N) is 3. The molecule has 0 saturated carbocycles. The van der Waals surface area contributed by atoms with Gasteiger partial charge in [0, 0.05) is 5.56 Å². The van der Waals surface area contributed by atoms with Crippen molar-refractivity contribution >= 4 is 11.4 Å². The molecule has 0 amide bonds. The Labute approximate surface area is 153 Å². The molecule has 1 heterocycles. The SMILES string of the molecule is N#Cc1cc(F)cc2c1N(c1ccc(C(F)(F)F)c(F)c1C#N)C[C@H](F)[C@@H]2F. The number of benzene rings is 2. The first-order valence-corrected chi connectivity index (χ1v) is 7.69. The Hall–Kier alpha value is -3.27. The van der Waals surface area contributed by atoms with E-state index in [1.807, 2.05) is 0 Å². The number of nitriles is 2. The van der Waals surface area contributed by atoms with E-state index in [1.54, 1.807) is 6.07 Å². The maximum absolute atomic E-state index is 14.3. The van der Waals surface area contributed by atoms with E-state index < -0.39 is 64.6 Å². The average molecular weight is 399 g/mol. The fourth-order valence-corrected chi connectivity index (χ4v) is 3.10. The fraction of sp³-hybridized carbons (Fsp3) is 0.222. The molecule has 2 aromatic rings. The molecule has 0 unspecified atom stereocenters. The highest BCUT2D eigenvalue weighted by Crippen LogP contribution is 2.45. The van der Waals surface area contributed by atoms with Crippen LogP contribution < -0.4 is 4.90 Å². The molecule has 0 spiro atoms. The van der Waals surface area contributed by atoms with Gasteiger partial charge in [0.15, 0.2) is 18.2 Å². The monoisotopic (exact) mass is 399 g/mol. The molecule has 0 bridgehead atoms. The highest BCUT2D eigenvalue weighted by molar-refractivity contribution is 5.78. The second-order valence-electron chi connectivity index (χ2n) is 5.96. The second kappa shape index (κ2) is 6.71. The minimum atomic E-state index is -5.08.